The topological polar surface area (TPSA) is 38.0 Å². The number of hydrogen-bond donors (Lipinski definition) is 2. The molecule has 0 bridgehead atoms. The molecule has 1 aliphatic rings. The van der Waals surface area contributed by atoms with Gasteiger partial charge in [0.2, 0.25) is 0 Å². The fraction of sp³-hybridized carbons (Fsp3) is 0.538. The molecule has 1 aromatic carbocycles. The lowest BCUT2D eigenvalue weighted by atomic mass is 9.93. The van der Waals surface area contributed by atoms with Crippen LogP contribution in [0.3, 0.4) is 0 Å². The summed E-state index contributed by atoms with van der Waals surface area (Å²) in [6.45, 7) is 2.90. The molecule has 0 radical (unpaired) electrons. The molecule has 88 valence electrons. The third-order valence-corrected chi connectivity index (χ3v) is 3.62. The molecule has 2 rings (SSSR count). The van der Waals surface area contributed by atoms with Gasteiger partial charge in [0.25, 0.3) is 0 Å². The SMILES string of the molecule is CC(CN)(Cc1ccc(Br)cc1)NC1CC1. The Kier molecular flexibility index (Phi) is 3.67. The zero-order valence-electron chi connectivity index (χ0n) is 9.67. The van der Waals surface area contributed by atoms with Crippen molar-refractivity contribution >= 4 is 15.9 Å². The highest BCUT2D eigenvalue weighted by molar-refractivity contribution is 9.10. The van der Waals surface area contributed by atoms with Gasteiger partial charge < -0.3 is 11.1 Å². The first-order chi connectivity index (χ1) is 7.61. The van der Waals surface area contributed by atoms with Crippen LogP contribution in [0.25, 0.3) is 0 Å². The molecule has 0 heterocycles. The van der Waals surface area contributed by atoms with E-state index in [1.54, 1.807) is 0 Å². The lowest BCUT2D eigenvalue weighted by Crippen LogP contribution is -2.51. The van der Waals surface area contributed by atoms with E-state index >= 15 is 0 Å². The smallest absolute Gasteiger partial charge is 0.0318 e. The van der Waals surface area contributed by atoms with Gasteiger partial charge in [0, 0.05) is 22.6 Å². The zero-order chi connectivity index (χ0) is 11.6. The summed E-state index contributed by atoms with van der Waals surface area (Å²) in [6.07, 6.45) is 3.60. The van der Waals surface area contributed by atoms with Crippen LogP contribution < -0.4 is 11.1 Å². The summed E-state index contributed by atoms with van der Waals surface area (Å²) in [5, 5.41) is 3.64. The summed E-state index contributed by atoms with van der Waals surface area (Å²) in [5.74, 6) is 0. The average molecular weight is 283 g/mol. The molecule has 16 heavy (non-hydrogen) atoms. The van der Waals surface area contributed by atoms with Crippen LogP contribution in [0.2, 0.25) is 0 Å². The van der Waals surface area contributed by atoms with Crippen LogP contribution >= 0.6 is 15.9 Å². The van der Waals surface area contributed by atoms with Gasteiger partial charge in [0.1, 0.15) is 0 Å². The molecule has 1 unspecified atom stereocenters. The van der Waals surface area contributed by atoms with Gasteiger partial charge in [-0.1, -0.05) is 28.1 Å². The molecule has 0 aliphatic heterocycles. The minimum Gasteiger partial charge on any atom is -0.329 e. The van der Waals surface area contributed by atoms with E-state index in [9.17, 15) is 0 Å². The van der Waals surface area contributed by atoms with E-state index < -0.39 is 0 Å². The van der Waals surface area contributed by atoms with Crippen LogP contribution in [0.1, 0.15) is 25.3 Å². The first kappa shape index (κ1) is 12.1. The first-order valence-electron chi connectivity index (χ1n) is 5.83. The molecule has 2 nitrogen and oxygen atoms in total. The predicted octanol–water partition coefficient (Wildman–Crippen LogP) is 2.46. The minimum atomic E-state index is 0.0367. The van der Waals surface area contributed by atoms with E-state index in [2.05, 4.69) is 52.4 Å². The van der Waals surface area contributed by atoms with Crippen molar-refractivity contribution in [2.45, 2.75) is 37.8 Å². The predicted molar refractivity (Wildman–Crippen MR) is 71.5 cm³/mol. The standard InChI is InChI=1S/C13H19BrN2/c1-13(9-15,16-12-6-7-12)8-10-2-4-11(14)5-3-10/h2-5,12,16H,6-9,15H2,1H3. The molecule has 0 aromatic heterocycles. The van der Waals surface area contributed by atoms with Gasteiger partial charge in [0.05, 0.1) is 0 Å². The fourth-order valence-corrected chi connectivity index (χ4v) is 2.22. The third kappa shape index (κ3) is 3.30. The van der Waals surface area contributed by atoms with E-state index in [-0.39, 0.29) is 5.54 Å². The summed E-state index contributed by atoms with van der Waals surface area (Å²) in [4.78, 5) is 0. The summed E-state index contributed by atoms with van der Waals surface area (Å²) in [5.41, 5.74) is 7.26. The van der Waals surface area contributed by atoms with Crippen LogP contribution in [-0.2, 0) is 6.42 Å². The van der Waals surface area contributed by atoms with E-state index in [4.69, 9.17) is 5.73 Å². The Morgan fingerprint density at radius 1 is 1.38 bits per heavy atom. The molecule has 1 saturated carbocycles. The van der Waals surface area contributed by atoms with Gasteiger partial charge in [-0.3, -0.25) is 0 Å². The van der Waals surface area contributed by atoms with Crippen LogP contribution in [0.4, 0.5) is 0 Å². The Balaban J connectivity index is 2.01. The summed E-state index contributed by atoms with van der Waals surface area (Å²) in [6, 6.07) is 9.19. The second-order valence-electron chi connectivity index (χ2n) is 4.99. The van der Waals surface area contributed by atoms with Gasteiger partial charge in [-0.05, 0) is 43.9 Å². The Labute approximate surface area is 106 Å². The maximum Gasteiger partial charge on any atom is 0.0318 e. The highest BCUT2D eigenvalue weighted by Crippen LogP contribution is 2.24. The third-order valence-electron chi connectivity index (χ3n) is 3.09. The molecule has 0 saturated heterocycles. The number of nitrogens with two attached hydrogens (primary N) is 1. The molecule has 3 N–H and O–H groups in total. The summed E-state index contributed by atoms with van der Waals surface area (Å²) < 4.78 is 1.13. The summed E-state index contributed by atoms with van der Waals surface area (Å²) in [7, 11) is 0. The van der Waals surface area contributed by atoms with Crippen molar-refractivity contribution in [1.82, 2.24) is 5.32 Å². The van der Waals surface area contributed by atoms with E-state index in [0.717, 1.165) is 10.9 Å². The van der Waals surface area contributed by atoms with Crippen molar-refractivity contribution in [2.24, 2.45) is 5.73 Å². The Morgan fingerprint density at radius 3 is 2.50 bits per heavy atom. The minimum absolute atomic E-state index is 0.0367. The van der Waals surface area contributed by atoms with Crippen molar-refractivity contribution in [3.05, 3.63) is 34.3 Å². The largest absolute Gasteiger partial charge is 0.329 e. The van der Waals surface area contributed by atoms with Gasteiger partial charge in [-0.15, -0.1) is 0 Å². The zero-order valence-corrected chi connectivity index (χ0v) is 11.3. The molecular formula is C13H19BrN2. The Morgan fingerprint density at radius 2 is 2.00 bits per heavy atom. The molecule has 0 spiro atoms. The molecule has 3 heteroatoms. The normalized spacial score (nSPS) is 19.4. The van der Waals surface area contributed by atoms with E-state index in [0.29, 0.717) is 12.6 Å². The highest BCUT2D eigenvalue weighted by Gasteiger charge is 2.31. The number of rotatable bonds is 5. The monoisotopic (exact) mass is 282 g/mol. The van der Waals surface area contributed by atoms with E-state index in [1.165, 1.54) is 18.4 Å². The number of benzene rings is 1. The van der Waals surface area contributed by atoms with Crippen LogP contribution in [-0.4, -0.2) is 18.1 Å². The number of hydrogen-bond acceptors (Lipinski definition) is 2. The van der Waals surface area contributed by atoms with Gasteiger partial charge in [0.15, 0.2) is 0 Å². The summed E-state index contributed by atoms with van der Waals surface area (Å²) >= 11 is 3.45. The van der Waals surface area contributed by atoms with Crippen molar-refractivity contribution in [1.29, 1.82) is 0 Å². The molecule has 1 aliphatic carbocycles. The van der Waals surface area contributed by atoms with Gasteiger partial charge in [-0.2, -0.15) is 0 Å². The first-order valence-corrected chi connectivity index (χ1v) is 6.63. The van der Waals surface area contributed by atoms with E-state index in [1.807, 2.05) is 0 Å². The quantitative estimate of drug-likeness (QED) is 0.871. The second-order valence-corrected chi connectivity index (χ2v) is 5.90. The lowest BCUT2D eigenvalue weighted by molar-refractivity contribution is 0.358. The molecule has 1 aromatic rings. The highest BCUT2D eigenvalue weighted by atomic mass is 79.9. The molecule has 1 fully saturated rings. The van der Waals surface area contributed by atoms with Crippen molar-refractivity contribution in [2.75, 3.05) is 6.54 Å². The van der Waals surface area contributed by atoms with Crippen LogP contribution in [0, 0.1) is 0 Å². The van der Waals surface area contributed by atoms with Crippen molar-refractivity contribution in [3.8, 4) is 0 Å². The Bertz CT molecular complexity index is 345. The molecule has 0 amide bonds. The number of halogens is 1. The van der Waals surface area contributed by atoms with Crippen molar-refractivity contribution < 1.29 is 0 Å². The average Bonchev–Trinajstić information content (AvgIpc) is 3.05. The lowest BCUT2D eigenvalue weighted by Gasteiger charge is -2.30. The van der Waals surface area contributed by atoms with Crippen molar-refractivity contribution in [3.63, 3.8) is 0 Å². The number of nitrogens with one attached hydrogen (secondary N) is 1. The van der Waals surface area contributed by atoms with Crippen LogP contribution in [0.15, 0.2) is 28.7 Å². The second kappa shape index (κ2) is 4.86. The van der Waals surface area contributed by atoms with Gasteiger partial charge in [-0.25, -0.2) is 0 Å². The van der Waals surface area contributed by atoms with Gasteiger partial charge >= 0.3 is 0 Å². The molecule has 1 atom stereocenters. The molecular weight excluding hydrogens is 264 g/mol. The maximum atomic E-state index is 5.89. The Hall–Kier alpha value is -0.380. The fourth-order valence-electron chi connectivity index (χ4n) is 1.96. The maximum absolute atomic E-state index is 5.89. The van der Waals surface area contributed by atoms with Crippen LogP contribution in [0.5, 0.6) is 0 Å².